The first-order valence-electron chi connectivity index (χ1n) is 9.38. The summed E-state index contributed by atoms with van der Waals surface area (Å²) in [4.78, 5) is 49.4. The largest absolute Gasteiger partial charge is 0.496 e. The van der Waals surface area contributed by atoms with Crippen LogP contribution in [0.2, 0.25) is 0 Å². The van der Waals surface area contributed by atoms with Gasteiger partial charge >= 0.3 is 5.97 Å². The Morgan fingerprint density at radius 1 is 0.912 bits per heavy atom. The fraction of sp³-hybridized carbons (Fsp3) is 0.0476. The first-order valence-corrected chi connectivity index (χ1v) is 9.38. The molecule has 0 heterocycles. The molecule has 0 atom stereocenters. The van der Waals surface area contributed by atoms with Gasteiger partial charge in [0, 0.05) is 12.1 Å². The summed E-state index contributed by atoms with van der Waals surface area (Å²) in [5.74, 6) is -1.31. The number of nitro benzene ring substituents is 2. The number of rotatable bonds is 8. The smallest absolute Gasteiger partial charge is 0.363 e. The van der Waals surface area contributed by atoms with Crippen molar-refractivity contribution in [3.8, 4) is 5.75 Å². The van der Waals surface area contributed by atoms with E-state index in [4.69, 9.17) is 9.57 Å². The second-order valence-corrected chi connectivity index (χ2v) is 6.50. The third kappa shape index (κ3) is 5.73. The van der Waals surface area contributed by atoms with Crippen molar-refractivity contribution < 1.29 is 29.0 Å². The number of non-ortho nitro benzene ring substituents is 2. The Hall–Kier alpha value is -5.20. The molecule has 0 bridgehead atoms. The number of nitrogens with zero attached hydrogens (tertiary/aromatic N) is 4. The second kappa shape index (κ2) is 10.4. The van der Waals surface area contributed by atoms with Gasteiger partial charge in [-0.1, -0.05) is 12.1 Å². The van der Waals surface area contributed by atoms with Crippen LogP contribution in [0.3, 0.4) is 0 Å². The monoisotopic (exact) mass is 465 g/mol. The van der Waals surface area contributed by atoms with Crippen molar-refractivity contribution in [3.05, 3.63) is 98.1 Å². The lowest BCUT2D eigenvalue weighted by molar-refractivity contribution is -0.394. The third-order valence-electron chi connectivity index (χ3n) is 4.28. The van der Waals surface area contributed by atoms with E-state index >= 15 is 0 Å². The minimum Gasteiger partial charge on any atom is -0.496 e. The Bertz CT molecular complexity index is 1260. The quantitative estimate of drug-likeness (QED) is 0.282. The van der Waals surface area contributed by atoms with Crippen LogP contribution in [0.15, 0.2) is 77.0 Å². The highest BCUT2D eigenvalue weighted by Gasteiger charge is 2.21. The van der Waals surface area contributed by atoms with E-state index in [1.807, 2.05) is 0 Å². The van der Waals surface area contributed by atoms with Crippen LogP contribution in [-0.2, 0) is 4.84 Å². The third-order valence-corrected chi connectivity index (χ3v) is 4.28. The summed E-state index contributed by atoms with van der Waals surface area (Å²) < 4.78 is 5.11. The van der Waals surface area contributed by atoms with Crippen LogP contribution in [0.1, 0.15) is 20.7 Å². The maximum Gasteiger partial charge on any atom is 0.363 e. The molecule has 0 saturated heterocycles. The van der Waals surface area contributed by atoms with Gasteiger partial charge in [0.1, 0.15) is 5.75 Å². The molecule has 3 rings (SSSR count). The lowest BCUT2D eigenvalue weighted by Gasteiger charge is -2.07. The molecule has 0 saturated carbocycles. The molecule has 3 aromatic carbocycles. The second-order valence-electron chi connectivity index (χ2n) is 6.50. The van der Waals surface area contributed by atoms with Crippen LogP contribution in [0.25, 0.3) is 0 Å². The molecule has 1 amide bonds. The average molecular weight is 465 g/mol. The van der Waals surface area contributed by atoms with Crippen molar-refractivity contribution in [2.75, 3.05) is 12.6 Å². The molecule has 0 unspecified atom stereocenters. The molecule has 0 fully saturated rings. The topological polar surface area (TPSA) is 176 Å². The maximum absolute atomic E-state index is 12.2. The number of hydrogen-bond donors (Lipinski definition) is 1. The number of hydrogen-bond acceptors (Lipinski definition) is 10. The van der Waals surface area contributed by atoms with E-state index in [2.05, 4.69) is 15.7 Å². The zero-order chi connectivity index (χ0) is 24.7. The number of benzene rings is 3. The van der Waals surface area contributed by atoms with E-state index in [0.29, 0.717) is 17.1 Å². The normalized spacial score (nSPS) is 10.5. The van der Waals surface area contributed by atoms with Gasteiger partial charge in [0.25, 0.3) is 17.3 Å². The van der Waals surface area contributed by atoms with Crippen LogP contribution < -0.4 is 10.2 Å². The minimum absolute atomic E-state index is 0.250. The van der Waals surface area contributed by atoms with Gasteiger partial charge in [-0.15, -0.1) is 10.2 Å². The number of nitrogens with one attached hydrogen (secondary N) is 1. The van der Waals surface area contributed by atoms with E-state index < -0.39 is 33.1 Å². The Morgan fingerprint density at radius 3 is 2.12 bits per heavy atom. The molecule has 0 aromatic heterocycles. The van der Waals surface area contributed by atoms with E-state index in [1.165, 1.54) is 31.4 Å². The van der Waals surface area contributed by atoms with Crippen molar-refractivity contribution in [2.45, 2.75) is 0 Å². The van der Waals surface area contributed by atoms with Crippen molar-refractivity contribution in [2.24, 2.45) is 10.2 Å². The van der Waals surface area contributed by atoms with Crippen molar-refractivity contribution in [1.29, 1.82) is 0 Å². The van der Waals surface area contributed by atoms with E-state index in [0.717, 1.165) is 18.2 Å². The van der Waals surface area contributed by atoms with Gasteiger partial charge < -0.3 is 9.57 Å². The molecule has 34 heavy (non-hydrogen) atoms. The number of nitro groups is 2. The number of carbonyl (C=O) groups is 2. The first-order chi connectivity index (χ1) is 16.3. The molecule has 0 radical (unpaired) electrons. The van der Waals surface area contributed by atoms with E-state index in [-0.39, 0.29) is 11.1 Å². The Morgan fingerprint density at radius 2 is 1.53 bits per heavy atom. The number of anilines is 1. The molecule has 3 aromatic rings. The lowest BCUT2D eigenvalue weighted by Crippen LogP contribution is -2.11. The summed E-state index contributed by atoms with van der Waals surface area (Å²) >= 11 is 0. The van der Waals surface area contributed by atoms with Gasteiger partial charge in [-0.2, -0.15) is 0 Å². The van der Waals surface area contributed by atoms with Crippen LogP contribution >= 0.6 is 0 Å². The average Bonchev–Trinajstić information content (AvgIpc) is 2.85. The Balaban J connectivity index is 1.65. The highest BCUT2D eigenvalue weighted by molar-refractivity contribution is 5.97. The zero-order valence-electron chi connectivity index (χ0n) is 17.4. The van der Waals surface area contributed by atoms with Gasteiger partial charge in [-0.3, -0.25) is 25.0 Å². The van der Waals surface area contributed by atoms with Gasteiger partial charge in [-0.05, 0) is 36.4 Å². The molecule has 0 spiro atoms. The van der Waals surface area contributed by atoms with Gasteiger partial charge in [0.05, 0.1) is 45.5 Å². The highest BCUT2D eigenvalue weighted by Crippen LogP contribution is 2.24. The van der Waals surface area contributed by atoms with E-state index in [1.54, 1.807) is 24.3 Å². The summed E-state index contributed by atoms with van der Waals surface area (Å²) in [7, 11) is 1.43. The predicted molar refractivity (Wildman–Crippen MR) is 117 cm³/mol. The fourth-order valence-electron chi connectivity index (χ4n) is 2.66. The number of azo groups is 1. The number of methoxy groups -OCH3 is 1. The molecule has 0 aliphatic rings. The van der Waals surface area contributed by atoms with Crippen LogP contribution in [0.4, 0.5) is 22.7 Å². The van der Waals surface area contributed by atoms with Gasteiger partial charge in [0.15, 0.2) is 0 Å². The molecule has 0 aliphatic heterocycles. The molecule has 13 heteroatoms. The molecule has 1 N–H and O–H groups in total. The van der Waals surface area contributed by atoms with Gasteiger partial charge in [0.2, 0.25) is 0 Å². The van der Waals surface area contributed by atoms with Crippen LogP contribution in [-0.4, -0.2) is 28.8 Å². The maximum atomic E-state index is 12.2. The number of ether oxygens (including phenoxy) is 1. The Kier molecular flexibility index (Phi) is 7.18. The predicted octanol–water partition coefficient (Wildman–Crippen LogP) is 4.62. The zero-order valence-corrected chi connectivity index (χ0v) is 17.4. The van der Waals surface area contributed by atoms with E-state index in [9.17, 15) is 29.8 Å². The number of carbonyl (C=O) groups excluding carboxylic acids is 2. The van der Waals surface area contributed by atoms with Crippen molar-refractivity contribution in [3.63, 3.8) is 0 Å². The summed E-state index contributed by atoms with van der Waals surface area (Å²) in [6.45, 7) is 0. The number of amides is 1. The first kappa shape index (κ1) is 23.5. The van der Waals surface area contributed by atoms with Crippen LogP contribution in [0, 0.1) is 20.2 Å². The number of para-hydroxylation sites is 1. The highest BCUT2D eigenvalue weighted by atomic mass is 16.7. The van der Waals surface area contributed by atoms with Crippen molar-refractivity contribution in [1.82, 2.24) is 0 Å². The molecular formula is C21H15N5O8. The lowest BCUT2D eigenvalue weighted by atomic mass is 10.2. The summed E-state index contributed by atoms with van der Waals surface area (Å²) in [5, 5.41) is 29.4. The summed E-state index contributed by atoms with van der Waals surface area (Å²) in [6.07, 6.45) is 0. The molecular weight excluding hydrogens is 450 g/mol. The standard InChI is InChI=1S/C21H15N5O8/c1-33-19-5-3-2-4-18(19)20(27)23-22-14-6-8-15(9-7-14)24-34-21(28)13-10-16(25(29)30)12-17(11-13)26(31)32/h2-12,24H,1H3. The molecule has 0 aliphatic carbocycles. The minimum atomic E-state index is -1.07. The Labute approximate surface area is 190 Å². The summed E-state index contributed by atoms with van der Waals surface area (Å²) in [5.41, 5.74) is 1.57. The summed E-state index contributed by atoms with van der Waals surface area (Å²) in [6, 6.07) is 14.9. The SMILES string of the molecule is COc1ccccc1C(=O)N=Nc1ccc(NOC(=O)c2cc([N+](=O)[O-])cc([N+](=O)[O-])c2)cc1. The van der Waals surface area contributed by atoms with Crippen molar-refractivity contribution >= 4 is 34.6 Å². The molecule has 13 nitrogen and oxygen atoms in total. The fourth-order valence-corrected chi connectivity index (χ4v) is 2.66. The van der Waals surface area contributed by atoms with Gasteiger partial charge in [-0.25, -0.2) is 10.3 Å². The van der Waals surface area contributed by atoms with Crippen LogP contribution in [0.5, 0.6) is 5.75 Å². The molecule has 172 valence electrons.